The quantitative estimate of drug-likeness (QED) is 0.446. The number of thioether (sulfide) groups is 1. The maximum atomic E-state index is 12.3. The Labute approximate surface area is 163 Å². The van der Waals surface area contributed by atoms with Crippen LogP contribution in [0.25, 0.3) is 0 Å². The highest BCUT2D eigenvalue weighted by Crippen LogP contribution is 2.47. The fraction of sp³-hybridized carbons (Fsp3) is 0.438. The lowest BCUT2D eigenvalue weighted by atomic mass is 10.2. The van der Waals surface area contributed by atoms with Gasteiger partial charge in [-0.2, -0.15) is 0 Å². The molecule has 11 heteroatoms. The number of halogens is 1. The zero-order valence-electron chi connectivity index (χ0n) is 14.3. The van der Waals surface area contributed by atoms with E-state index in [0.29, 0.717) is 18.6 Å². The van der Waals surface area contributed by atoms with Crippen molar-refractivity contribution in [2.45, 2.75) is 30.7 Å². The Hall–Kier alpha value is -2.33. The molecule has 2 saturated heterocycles. The minimum Gasteiger partial charge on any atom is -0.454 e. The van der Waals surface area contributed by atoms with Crippen molar-refractivity contribution in [3.05, 3.63) is 33.3 Å². The van der Waals surface area contributed by atoms with Gasteiger partial charge in [-0.05, 0) is 25.5 Å². The highest BCUT2D eigenvalue weighted by Gasteiger charge is 2.53. The molecular formula is C16H16ClN3O6S. The number of nitrogens with one attached hydrogen (secondary N) is 1. The Morgan fingerprint density at radius 2 is 2.26 bits per heavy atom. The molecule has 2 heterocycles. The maximum Gasteiger partial charge on any atom is 0.330 e. The number of fused-ring (bicyclic) bond motifs is 1. The second-order valence-corrected chi connectivity index (χ2v) is 8.25. The first-order valence-corrected chi connectivity index (χ1v) is 9.44. The number of benzene rings is 1. The second-order valence-electron chi connectivity index (χ2n) is 6.34. The Morgan fingerprint density at radius 1 is 1.52 bits per heavy atom. The van der Waals surface area contributed by atoms with E-state index in [1.165, 1.54) is 23.9 Å². The van der Waals surface area contributed by atoms with E-state index in [2.05, 4.69) is 5.32 Å². The number of nitrogens with zero attached hydrogens (tertiary/aromatic N) is 2. The molecular weight excluding hydrogens is 398 g/mol. The molecule has 2 aliphatic rings. The van der Waals surface area contributed by atoms with Crippen LogP contribution in [0.15, 0.2) is 18.2 Å². The van der Waals surface area contributed by atoms with Gasteiger partial charge in [-0.1, -0.05) is 11.6 Å². The molecule has 1 aromatic rings. The van der Waals surface area contributed by atoms with Crippen LogP contribution >= 0.6 is 23.4 Å². The van der Waals surface area contributed by atoms with Crippen LogP contribution in [0, 0.1) is 10.1 Å². The topological polar surface area (TPSA) is 119 Å². The van der Waals surface area contributed by atoms with Crippen LogP contribution in [0.3, 0.4) is 0 Å². The zero-order chi connectivity index (χ0) is 19.8. The number of rotatable bonds is 5. The second kappa shape index (κ2) is 7.35. The van der Waals surface area contributed by atoms with E-state index in [9.17, 15) is 24.5 Å². The molecule has 3 rings (SSSR count). The van der Waals surface area contributed by atoms with Gasteiger partial charge in [0.15, 0.2) is 6.61 Å². The molecule has 0 aromatic heterocycles. The summed E-state index contributed by atoms with van der Waals surface area (Å²) in [6.07, 6.45) is 1.07. The Bertz CT molecular complexity index is 834. The number of anilines is 1. The molecule has 2 amide bonds. The van der Waals surface area contributed by atoms with E-state index < -0.39 is 34.3 Å². The van der Waals surface area contributed by atoms with Crippen molar-refractivity contribution in [3.8, 4) is 0 Å². The zero-order valence-corrected chi connectivity index (χ0v) is 15.8. The summed E-state index contributed by atoms with van der Waals surface area (Å²) < 4.78 is 5.04. The summed E-state index contributed by atoms with van der Waals surface area (Å²) in [5, 5.41) is 13.2. The van der Waals surface area contributed by atoms with E-state index >= 15 is 0 Å². The molecule has 0 spiro atoms. The molecule has 1 aromatic carbocycles. The minimum atomic E-state index is -0.709. The van der Waals surface area contributed by atoms with Gasteiger partial charge < -0.3 is 15.0 Å². The number of hydrogen-bond acceptors (Lipinski definition) is 7. The number of esters is 1. The number of hydrogen-bond donors (Lipinski definition) is 1. The minimum absolute atomic E-state index is 0.0542. The molecule has 9 nitrogen and oxygen atoms in total. The predicted octanol–water partition coefficient (Wildman–Crippen LogP) is 2.18. The third-order valence-electron chi connectivity index (χ3n) is 4.49. The van der Waals surface area contributed by atoms with Gasteiger partial charge in [-0.25, -0.2) is 4.79 Å². The van der Waals surface area contributed by atoms with E-state index in [-0.39, 0.29) is 22.3 Å². The van der Waals surface area contributed by atoms with Gasteiger partial charge in [0.2, 0.25) is 5.91 Å². The standard InChI is InChI=1S/C16H16ClN3O6S/c1-16-5-4-14(22)19(16)12(8-27-16)15(23)26-7-13(21)18-9-2-3-10(17)11(6-9)20(24)25/h2-3,6,12H,4-5,7-8H2,1H3,(H,18,21)/t12-,16-/m0/s1. The smallest absolute Gasteiger partial charge is 0.330 e. The largest absolute Gasteiger partial charge is 0.454 e. The number of nitro groups is 1. The monoisotopic (exact) mass is 413 g/mol. The van der Waals surface area contributed by atoms with E-state index in [1.54, 1.807) is 4.90 Å². The van der Waals surface area contributed by atoms with Crippen molar-refractivity contribution in [2.24, 2.45) is 0 Å². The van der Waals surface area contributed by atoms with E-state index in [1.807, 2.05) is 6.92 Å². The Kier molecular flexibility index (Phi) is 5.29. The highest BCUT2D eigenvalue weighted by molar-refractivity contribution is 8.01. The molecule has 2 atom stereocenters. The van der Waals surface area contributed by atoms with Crippen molar-refractivity contribution in [1.82, 2.24) is 4.90 Å². The van der Waals surface area contributed by atoms with Gasteiger partial charge in [0.1, 0.15) is 11.1 Å². The number of ether oxygens (including phenoxy) is 1. The number of nitro benzene ring substituents is 1. The fourth-order valence-corrected chi connectivity index (χ4v) is 4.76. The van der Waals surface area contributed by atoms with Gasteiger partial charge in [-0.15, -0.1) is 11.8 Å². The normalized spacial score (nSPS) is 23.9. The summed E-state index contributed by atoms with van der Waals surface area (Å²) in [6.45, 7) is 1.35. The SMILES string of the molecule is C[C@]12CCC(=O)N1[C@H](C(=O)OCC(=O)Nc1ccc(Cl)c([N+](=O)[O-])c1)CS2. The first-order valence-electron chi connectivity index (χ1n) is 8.08. The summed E-state index contributed by atoms with van der Waals surface area (Å²) in [6, 6.07) is 3.09. The predicted molar refractivity (Wildman–Crippen MR) is 98.4 cm³/mol. The third kappa shape index (κ3) is 3.86. The third-order valence-corrected chi connectivity index (χ3v) is 6.31. The van der Waals surface area contributed by atoms with Gasteiger partial charge >= 0.3 is 5.97 Å². The fourth-order valence-electron chi connectivity index (χ4n) is 3.16. The van der Waals surface area contributed by atoms with Gasteiger partial charge in [0, 0.05) is 23.9 Å². The van der Waals surface area contributed by atoms with Crippen LogP contribution in [-0.2, 0) is 19.1 Å². The Balaban J connectivity index is 1.57. The molecule has 27 heavy (non-hydrogen) atoms. The summed E-state index contributed by atoms with van der Waals surface area (Å²) in [4.78, 5) is 47.7. The molecule has 2 aliphatic heterocycles. The van der Waals surface area contributed by atoms with E-state index in [0.717, 1.165) is 6.07 Å². The molecule has 144 valence electrons. The highest BCUT2D eigenvalue weighted by atomic mass is 35.5. The lowest BCUT2D eigenvalue weighted by Gasteiger charge is -2.29. The lowest BCUT2D eigenvalue weighted by Crippen LogP contribution is -2.47. The van der Waals surface area contributed by atoms with Crippen LogP contribution in [0.5, 0.6) is 0 Å². The van der Waals surface area contributed by atoms with E-state index in [4.69, 9.17) is 16.3 Å². The summed E-state index contributed by atoms with van der Waals surface area (Å²) in [5.41, 5.74) is -0.188. The molecule has 0 unspecified atom stereocenters. The summed E-state index contributed by atoms with van der Waals surface area (Å²) >= 11 is 7.24. The first kappa shape index (κ1) is 19.4. The Morgan fingerprint density at radius 3 is 2.96 bits per heavy atom. The van der Waals surface area contributed by atoms with Crippen LogP contribution in [0.2, 0.25) is 5.02 Å². The van der Waals surface area contributed by atoms with Gasteiger partial charge in [0.05, 0.1) is 9.79 Å². The average molecular weight is 414 g/mol. The average Bonchev–Trinajstić information content (AvgIpc) is 3.10. The molecule has 0 saturated carbocycles. The number of amides is 2. The van der Waals surface area contributed by atoms with Gasteiger partial charge in [0.25, 0.3) is 11.6 Å². The molecule has 0 aliphatic carbocycles. The molecule has 2 fully saturated rings. The number of carbonyl (C=O) groups is 3. The van der Waals surface area contributed by atoms with Gasteiger partial charge in [-0.3, -0.25) is 19.7 Å². The van der Waals surface area contributed by atoms with Crippen LogP contribution < -0.4 is 5.32 Å². The van der Waals surface area contributed by atoms with Crippen LogP contribution in [0.1, 0.15) is 19.8 Å². The van der Waals surface area contributed by atoms with Crippen molar-refractivity contribution in [3.63, 3.8) is 0 Å². The number of carbonyl (C=O) groups excluding carboxylic acids is 3. The molecule has 0 radical (unpaired) electrons. The van der Waals surface area contributed by atoms with Crippen LogP contribution in [0.4, 0.5) is 11.4 Å². The van der Waals surface area contributed by atoms with Crippen molar-refractivity contribution < 1.29 is 24.0 Å². The van der Waals surface area contributed by atoms with Crippen molar-refractivity contribution in [1.29, 1.82) is 0 Å². The maximum absolute atomic E-state index is 12.3. The summed E-state index contributed by atoms with van der Waals surface area (Å²) in [7, 11) is 0. The molecule has 0 bridgehead atoms. The van der Waals surface area contributed by atoms with Crippen molar-refractivity contribution >= 4 is 52.5 Å². The molecule has 1 N–H and O–H groups in total. The lowest BCUT2D eigenvalue weighted by molar-refractivity contribution is -0.384. The summed E-state index contributed by atoms with van der Waals surface area (Å²) in [5.74, 6) is -0.964. The first-order chi connectivity index (χ1) is 12.7. The van der Waals surface area contributed by atoms with Crippen LogP contribution in [-0.4, -0.2) is 50.9 Å². The van der Waals surface area contributed by atoms with Crippen molar-refractivity contribution in [2.75, 3.05) is 17.7 Å².